The summed E-state index contributed by atoms with van der Waals surface area (Å²) in [7, 11) is 3.24. The topological polar surface area (TPSA) is 60.5 Å². The van der Waals surface area contributed by atoms with Crippen LogP contribution in [0.1, 0.15) is 29.5 Å². The minimum atomic E-state index is -0.0497. The fraction of sp³-hybridized carbons (Fsp3) is 0.412. The number of aromatic nitrogens is 1. The van der Waals surface area contributed by atoms with Crippen molar-refractivity contribution in [2.45, 2.75) is 33.1 Å². The van der Waals surface area contributed by atoms with Crippen LogP contribution < -0.4 is 14.8 Å². The lowest BCUT2D eigenvalue weighted by atomic mass is 10.1. The van der Waals surface area contributed by atoms with Crippen molar-refractivity contribution < 1.29 is 14.3 Å². The molecular weight excluding hydrogens is 312 g/mol. The Morgan fingerprint density at radius 3 is 2.70 bits per heavy atom. The Bertz CT molecular complexity index is 682. The van der Waals surface area contributed by atoms with E-state index in [0.29, 0.717) is 18.0 Å². The van der Waals surface area contributed by atoms with Crippen LogP contribution >= 0.6 is 11.3 Å². The van der Waals surface area contributed by atoms with Crippen molar-refractivity contribution in [1.29, 1.82) is 0 Å². The van der Waals surface area contributed by atoms with Gasteiger partial charge in [-0.3, -0.25) is 4.79 Å². The molecule has 0 aliphatic rings. The summed E-state index contributed by atoms with van der Waals surface area (Å²) in [6.07, 6.45) is 1.82. The Kier molecular flexibility index (Phi) is 5.98. The number of nitrogens with zero attached hydrogens (tertiary/aromatic N) is 1. The average Bonchev–Trinajstić information content (AvgIpc) is 2.91. The summed E-state index contributed by atoms with van der Waals surface area (Å²) in [5.41, 5.74) is 1.99. The number of thiazole rings is 1. The fourth-order valence-electron chi connectivity index (χ4n) is 2.32. The summed E-state index contributed by atoms with van der Waals surface area (Å²) >= 11 is 1.51. The number of hydrogen-bond acceptors (Lipinski definition) is 5. The number of carbonyl (C=O) groups is 1. The predicted octanol–water partition coefficient (Wildman–Crippen LogP) is 3.60. The number of methoxy groups -OCH3 is 2. The molecule has 1 heterocycles. The lowest BCUT2D eigenvalue weighted by Gasteiger charge is -2.10. The zero-order valence-corrected chi connectivity index (χ0v) is 14.8. The van der Waals surface area contributed by atoms with Crippen LogP contribution in [0.4, 0.5) is 5.13 Å². The molecule has 6 heteroatoms. The maximum absolute atomic E-state index is 12.1. The van der Waals surface area contributed by atoms with E-state index in [4.69, 9.17) is 9.47 Å². The number of anilines is 1. The van der Waals surface area contributed by atoms with Gasteiger partial charge < -0.3 is 14.8 Å². The van der Waals surface area contributed by atoms with E-state index in [1.54, 1.807) is 14.2 Å². The van der Waals surface area contributed by atoms with Gasteiger partial charge in [0.1, 0.15) is 11.5 Å². The second-order valence-electron chi connectivity index (χ2n) is 5.10. The van der Waals surface area contributed by atoms with Crippen molar-refractivity contribution in [3.63, 3.8) is 0 Å². The molecule has 0 spiro atoms. The molecule has 0 saturated heterocycles. The van der Waals surface area contributed by atoms with Gasteiger partial charge in [-0.05, 0) is 43.5 Å². The fourth-order valence-corrected chi connectivity index (χ4v) is 3.24. The summed E-state index contributed by atoms with van der Waals surface area (Å²) in [5, 5.41) is 3.54. The highest BCUT2D eigenvalue weighted by Crippen LogP contribution is 2.26. The zero-order chi connectivity index (χ0) is 16.8. The smallest absolute Gasteiger partial charge is 0.226 e. The summed E-state index contributed by atoms with van der Waals surface area (Å²) < 4.78 is 10.6. The van der Waals surface area contributed by atoms with E-state index in [1.807, 2.05) is 25.1 Å². The quantitative estimate of drug-likeness (QED) is 0.840. The first-order valence-corrected chi connectivity index (χ1v) is 8.36. The van der Waals surface area contributed by atoms with Crippen molar-refractivity contribution in [2.75, 3.05) is 19.5 Å². The number of benzene rings is 1. The second kappa shape index (κ2) is 7.97. The molecule has 23 heavy (non-hydrogen) atoms. The largest absolute Gasteiger partial charge is 0.497 e. The highest BCUT2D eigenvalue weighted by atomic mass is 32.1. The van der Waals surface area contributed by atoms with E-state index < -0.39 is 0 Å². The van der Waals surface area contributed by atoms with Crippen LogP contribution in [0.15, 0.2) is 18.2 Å². The third-order valence-electron chi connectivity index (χ3n) is 3.58. The molecule has 2 rings (SSSR count). The molecule has 0 bridgehead atoms. The first-order chi connectivity index (χ1) is 11.1. The van der Waals surface area contributed by atoms with Gasteiger partial charge in [0.2, 0.25) is 5.91 Å². The molecular formula is C17H22N2O3S. The molecule has 124 valence electrons. The first kappa shape index (κ1) is 17.3. The maximum atomic E-state index is 12.1. The van der Waals surface area contributed by atoms with E-state index in [-0.39, 0.29) is 5.91 Å². The van der Waals surface area contributed by atoms with Crippen LogP contribution in [-0.4, -0.2) is 25.1 Å². The number of hydrogen-bond donors (Lipinski definition) is 1. The number of aryl methyl sites for hydroxylation is 3. The molecule has 1 aromatic carbocycles. The van der Waals surface area contributed by atoms with E-state index >= 15 is 0 Å². The highest BCUT2D eigenvalue weighted by Gasteiger charge is 2.11. The minimum Gasteiger partial charge on any atom is -0.497 e. The third-order valence-corrected chi connectivity index (χ3v) is 4.51. The van der Waals surface area contributed by atoms with Crippen LogP contribution in [0.2, 0.25) is 0 Å². The number of carbonyl (C=O) groups excluding carboxylic acids is 1. The molecule has 0 saturated carbocycles. The summed E-state index contributed by atoms with van der Waals surface area (Å²) in [5.74, 6) is 1.47. The van der Waals surface area contributed by atoms with Gasteiger partial charge in [0.05, 0.1) is 19.9 Å². The van der Waals surface area contributed by atoms with E-state index in [2.05, 4.69) is 17.2 Å². The van der Waals surface area contributed by atoms with Gasteiger partial charge in [-0.2, -0.15) is 0 Å². The van der Waals surface area contributed by atoms with Crippen LogP contribution in [-0.2, 0) is 17.6 Å². The van der Waals surface area contributed by atoms with Crippen molar-refractivity contribution >= 4 is 22.4 Å². The normalized spacial score (nSPS) is 10.4. The van der Waals surface area contributed by atoms with Crippen molar-refractivity contribution in [1.82, 2.24) is 4.98 Å². The Morgan fingerprint density at radius 2 is 2.09 bits per heavy atom. The molecule has 1 N–H and O–H groups in total. The van der Waals surface area contributed by atoms with Gasteiger partial charge in [0.15, 0.2) is 5.13 Å². The van der Waals surface area contributed by atoms with Gasteiger partial charge in [-0.25, -0.2) is 4.98 Å². The molecule has 5 nitrogen and oxygen atoms in total. The predicted molar refractivity (Wildman–Crippen MR) is 92.7 cm³/mol. The number of ether oxygens (including phenoxy) is 2. The first-order valence-electron chi connectivity index (χ1n) is 7.54. The summed E-state index contributed by atoms with van der Waals surface area (Å²) in [6.45, 7) is 4.08. The van der Waals surface area contributed by atoms with Crippen molar-refractivity contribution in [2.24, 2.45) is 0 Å². The second-order valence-corrected chi connectivity index (χ2v) is 6.30. The van der Waals surface area contributed by atoms with Crippen LogP contribution in [0.5, 0.6) is 11.5 Å². The Hall–Kier alpha value is -2.08. The molecule has 0 atom stereocenters. The summed E-state index contributed by atoms with van der Waals surface area (Å²) in [6, 6.07) is 5.59. The Balaban J connectivity index is 1.98. The number of amides is 1. The number of nitrogens with one attached hydrogen (secondary N) is 1. The van der Waals surface area contributed by atoms with Crippen LogP contribution in [0, 0.1) is 6.92 Å². The lowest BCUT2D eigenvalue weighted by Crippen LogP contribution is -2.12. The molecule has 1 amide bonds. The Morgan fingerprint density at radius 1 is 1.30 bits per heavy atom. The van der Waals surface area contributed by atoms with E-state index in [0.717, 1.165) is 34.1 Å². The lowest BCUT2D eigenvalue weighted by molar-refractivity contribution is -0.116. The molecule has 0 aliphatic carbocycles. The van der Waals surface area contributed by atoms with Gasteiger partial charge in [-0.15, -0.1) is 11.3 Å². The van der Waals surface area contributed by atoms with Crippen molar-refractivity contribution in [3.8, 4) is 11.5 Å². The van der Waals surface area contributed by atoms with Crippen LogP contribution in [0.3, 0.4) is 0 Å². The SMILES string of the molecule is CCc1nc(NC(=O)CCc2cc(OC)ccc2OC)sc1C. The van der Waals surface area contributed by atoms with Gasteiger partial charge >= 0.3 is 0 Å². The maximum Gasteiger partial charge on any atom is 0.226 e. The molecule has 0 radical (unpaired) electrons. The molecule has 1 aromatic heterocycles. The monoisotopic (exact) mass is 334 g/mol. The minimum absolute atomic E-state index is 0.0497. The molecule has 0 unspecified atom stereocenters. The molecule has 0 fully saturated rings. The zero-order valence-electron chi connectivity index (χ0n) is 13.9. The van der Waals surface area contributed by atoms with Crippen LogP contribution in [0.25, 0.3) is 0 Å². The van der Waals surface area contributed by atoms with E-state index in [9.17, 15) is 4.79 Å². The highest BCUT2D eigenvalue weighted by molar-refractivity contribution is 7.15. The average molecular weight is 334 g/mol. The van der Waals surface area contributed by atoms with E-state index in [1.165, 1.54) is 11.3 Å². The summed E-state index contributed by atoms with van der Waals surface area (Å²) in [4.78, 5) is 17.7. The Labute approximate surface area is 140 Å². The molecule has 2 aromatic rings. The number of rotatable bonds is 7. The van der Waals surface area contributed by atoms with Gasteiger partial charge in [-0.1, -0.05) is 6.92 Å². The molecule has 0 aliphatic heterocycles. The van der Waals surface area contributed by atoms with Gasteiger partial charge in [0.25, 0.3) is 0 Å². The van der Waals surface area contributed by atoms with Gasteiger partial charge in [0, 0.05) is 11.3 Å². The third kappa shape index (κ3) is 4.45. The standard InChI is InChI=1S/C17H22N2O3S/c1-5-14-11(2)23-17(18-14)19-16(20)9-6-12-10-13(21-3)7-8-15(12)22-4/h7-8,10H,5-6,9H2,1-4H3,(H,18,19,20). The van der Waals surface area contributed by atoms with Crippen molar-refractivity contribution in [3.05, 3.63) is 34.3 Å².